The summed E-state index contributed by atoms with van der Waals surface area (Å²) in [4.78, 5) is 24.4. The fraction of sp³-hybridized carbons (Fsp3) is 0.214. The number of aromatic nitrogens is 2. The summed E-state index contributed by atoms with van der Waals surface area (Å²) in [6, 6.07) is 25.4. The van der Waals surface area contributed by atoms with Gasteiger partial charge in [0.25, 0.3) is 0 Å². The molecule has 1 fully saturated rings. The van der Waals surface area contributed by atoms with E-state index in [4.69, 9.17) is 9.37 Å². The number of ether oxygens (including phenoxy) is 1. The second kappa shape index (κ2) is 9.18. The number of carbonyl (C=O) groups excluding carboxylic acids is 2. The molecule has 35 heavy (non-hydrogen) atoms. The van der Waals surface area contributed by atoms with Crippen LogP contribution in [0.5, 0.6) is 0 Å². The van der Waals surface area contributed by atoms with E-state index in [1.165, 1.54) is 0 Å². The second-order valence-corrected chi connectivity index (χ2v) is 8.84. The van der Waals surface area contributed by atoms with Gasteiger partial charge in [-0.15, -0.1) is 0 Å². The zero-order chi connectivity index (χ0) is 24.4. The lowest BCUT2D eigenvalue weighted by molar-refractivity contribution is -0.119. The Bertz CT molecular complexity index is 1340. The molecule has 1 atom stereocenters. The van der Waals surface area contributed by atoms with E-state index < -0.39 is 12.2 Å². The van der Waals surface area contributed by atoms with Gasteiger partial charge >= 0.3 is 6.09 Å². The molecule has 1 N–H and O–H groups in total. The van der Waals surface area contributed by atoms with E-state index >= 15 is 0 Å². The van der Waals surface area contributed by atoms with E-state index in [2.05, 4.69) is 15.6 Å². The standard InChI is InChI=1S/C28H25N3O4/c1-18(20-6-4-3-5-7-20)34-27(33)29-26-25(30-35-31-26)23-10-8-21(9-11-23)22-12-14-24(15-13-22)28(16-17-28)19(2)32/h3-15,18H,16-17H2,1-2H3,(H,29,31,33)/t18-/m1/s1. The van der Waals surface area contributed by atoms with Crippen molar-refractivity contribution in [3.8, 4) is 22.4 Å². The normalized spacial score (nSPS) is 14.7. The maximum absolute atomic E-state index is 12.4. The summed E-state index contributed by atoms with van der Waals surface area (Å²) in [5.74, 6) is 0.421. The van der Waals surface area contributed by atoms with Gasteiger partial charge in [0.1, 0.15) is 11.9 Å². The number of ketones is 1. The molecule has 3 aromatic carbocycles. The van der Waals surface area contributed by atoms with Crippen LogP contribution >= 0.6 is 0 Å². The van der Waals surface area contributed by atoms with Crippen LogP contribution in [0.2, 0.25) is 0 Å². The summed E-state index contributed by atoms with van der Waals surface area (Å²) in [5, 5.41) is 10.4. The largest absolute Gasteiger partial charge is 0.441 e. The molecule has 5 rings (SSSR count). The third kappa shape index (κ3) is 4.57. The van der Waals surface area contributed by atoms with Gasteiger partial charge in [-0.25, -0.2) is 9.42 Å². The molecule has 176 valence electrons. The zero-order valence-corrected chi connectivity index (χ0v) is 19.5. The topological polar surface area (TPSA) is 94.3 Å². The highest BCUT2D eigenvalue weighted by Crippen LogP contribution is 2.49. The lowest BCUT2D eigenvalue weighted by atomic mass is 9.90. The van der Waals surface area contributed by atoms with Crippen LogP contribution in [-0.4, -0.2) is 22.2 Å². The lowest BCUT2D eigenvalue weighted by Gasteiger charge is -2.13. The Morgan fingerprint density at radius 1 is 0.886 bits per heavy atom. The lowest BCUT2D eigenvalue weighted by Crippen LogP contribution is -2.16. The van der Waals surface area contributed by atoms with Crippen LogP contribution < -0.4 is 5.32 Å². The van der Waals surface area contributed by atoms with Gasteiger partial charge in [0.15, 0.2) is 5.69 Å². The summed E-state index contributed by atoms with van der Waals surface area (Å²) in [6.45, 7) is 3.47. The van der Waals surface area contributed by atoms with Crippen molar-refractivity contribution < 1.29 is 19.0 Å². The monoisotopic (exact) mass is 467 g/mol. The van der Waals surface area contributed by atoms with E-state index in [1.807, 2.05) is 78.9 Å². The maximum atomic E-state index is 12.4. The Kier molecular flexibility index (Phi) is 5.91. The highest BCUT2D eigenvalue weighted by molar-refractivity contribution is 5.91. The van der Waals surface area contributed by atoms with Gasteiger partial charge in [-0.1, -0.05) is 78.9 Å². The van der Waals surface area contributed by atoms with E-state index in [0.717, 1.165) is 40.7 Å². The number of hydrogen-bond acceptors (Lipinski definition) is 6. The van der Waals surface area contributed by atoms with Gasteiger partial charge in [-0.2, -0.15) is 0 Å². The Hall–Kier alpha value is -4.26. The van der Waals surface area contributed by atoms with Gasteiger partial charge in [0.2, 0.25) is 5.82 Å². The second-order valence-electron chi connectivity index (χ2n) is 8.84. The smallest absolute Gasteiger partial charge is 0.413 e. The molecule has 1 aliphatic rings. The molecule has 0 aliphatic heterocycles. The molecule has 1 aliphatic carbocycles. The highest BCUT2D eigenvalue weighted by atomic mass is 16.6. The van der Waals surface area contributed by atoms with Crippen molar-refractivity contribution in [2.75, 3.05) is 5.32 Å². The molecule has 0 unspecified atom stereocenters. The molecule has 0 spiro atoms. The molecule has 1 aromatic heterocycles. The Balaban J connectivity index is 1.27. The SMILES string of the molecule is CC(=O)C1(c2ccc(-c3ccc(-c4nonc4NC(=O)O[C@H](C)c4ccccc4)cc3)cc2)CC1. The molecule has 7 heteroatoms. The Morgan fingerprint density at radius 3 is 2.09 bits per heavy atom. The van der Waals surface area contributed by atoms with Crippen molar-refractivity contribution in [3.05, 3.63) is 90.0 Å². The quantitative estimate of drug-likeness (QED) is 0.341. The minimum absolute atomic E-state index is 0.186. The summed E-state index contributed by atoms with van der Waals surface area (Å²) < 4.78 is 10.3. The number of benzene rings is 3. The van der Waals surface area contributed by atoms with Gasteiger partial charge in [-0.3, -0.25) is 10.1 Å². The van der Waals surface area contributed by atoms with Crippen LogP contribution in [0.25, 0.3) is 22.4 Å². The number of amides is 1. The molecule has 0 radical (unpaired) electrons. The maximum Gasteiger partial charge on any atom is 0.413 e. The third-order valence-electron chi connectivity index (χ3n) is 6.61. The summed E-state index contributed by atoms with van der Waals surface area (Å²) in [7, 11) is 0. The first-order chi connectivity index (χ1) is 17.0. The molecular weight excluding hydrogens is 442 g/mol. The first-order valence-electron chi connectivity index (χ1n) is 11.5. The van der Waals surface area contributed by atoms with Gasteiger partial charge < -0.3 is 4.74 Å². The van der Waals surface area contributed by atoms with Crippen molar-refractivity contribution in [2.45, 2.75) is 38.2 Å². The highest BCUT2D eigenvalue weighted by Gasteiger charge is 2.48. The van der Waals surface area contributed by atoms with Crippen LogP contribution in [0.15, 0.2) is 83.5 Å². The van der Waals surface area contributed by atoms with Gasteiger partial charge in [0, 0.05) is 5.56 Å². The fourth-order valence-corrected chi connectivity index (χ4v) is 4.31. The molecule has 1 saturated carbocycles. The number of nitrogens with zero attached hydrogens (tertiary/aromatic N) is 2. The van der Waals surface area contributed by atoms with E-state index in [0.29, 0.717) is 5.69 Å². The van der Waals surface area contributed by atoms with E-state index in [9.17, 15) is 9.59 Å². The molecule has 0 bridgehead atoms. The van der Waals surface area contributed by atoms with E-state index in [-0.39, 0.29) is 17.0 Å². The molecule has 1 heterocycles. The Labute approximate surface area is 203 Å². The molecule has 0 saturated heterocycles. The first kappa shape index (κ1) is 22.5. The number of Topliss-reactive ketones (excluding diaryl/α,β-unsaturated/α-hetero) is 1. The van der Waals surface area contributed by atoms with Crippen molar-refractivity contribution in [2.24, 2.45) is 0 Å². The average Bonchev–Trinajstić information content (AvgIpc) is 3.58. The van der Waals surface area contributed by atoms with Crippen molar-refractivity contribution in [1.82, 2.24) is 10.3 Å². The van der Waals surface area contributed by atoms with Crippen molar-refractivity contribution >= 4 is 17.7 Å². The van der Waals surface area contributed by atoms with Crippen molar-refractivity contribution in [3.63, 3.8) is 0 Å². The molecular formula is C28H25N3O4. The summed E-state index contributed by atoms with van der Waals surface area (Å²) >= 11 is 0. The van der Waals surface area contributed by atoms with Crippen LogP contribution in [-0.2, 0) is 14.9 Å². The van der Waals surface area contributed by atoms with Crippen LogP contribution in [0.4, 0.5) is 10.6 Å². The molecule has 1 amide bonds. The predicted molar refractivity (Wildman–Crippen MR) is 132 cm³/mol. The first-order valence-corrected chi connectivity index (χ1v) is 11.5. The summed E-state index contributed by atoms with van der Waals surface area (Å²) in [5.41, 5.74) is 4.93. The van der Waals surface area contributed by atoms with E-state index in [1.54, 1.807) is 13.8 Å². The molecule has 4 aromatic rings. The number of hydrogen-bond donors (Lipinski definition) is 1. The minimum atomic E-state index is -0.644. The van der Waals surface area contributed by atoms with Crippen LogP contribution in [0, 0.1) is 0 Å². The van der Waals surface area contributed by atoms with Gasteiger partial charge in [0.05, 0.1) is 5.41 Å². The third-order valence-corrected chi connectivity index (χ3v) is 6.61. The Morgan fingerprint density at radius 2 is 1.49 bits per heavy atom. The zero-order valence-electron chi connectivity index (χ0n) is 19.5. The number of rotatable bonds is 7. The van der Waals surface area contributed by atoms with Crippen LogP contribution in [0.1, 0.15) is 43.9 Å². The number of carbonyl (C=O) groups is 2. The predicted octanol–water partition coefficient (Wildman–Crippen LogP) is 6.33. The number of nitrogens with one attached hydrogen (secondary N) is 1. The fourth-order valence-electron chi connectivity index (χ4n) is 4.31. The van der Waals surface area contributed by atoms with Crippen LogP contribution in [0.3, 0.4) is 0 Å². The number of anilines is 1. The summed E-state index contributed by atoms with van der Waals surface area (Å²) in [6.07, 6.45) is 0.790. The molecule has 7 nitrogen and oxygen atoms in total. The average molecular weight is 468 g/mol. The minimum Gasteiger partial charge on any atom is -0.441 e. The van der Waals surface area contributed by atoms with Gasteiger partial charge in [-0.05, 0) is 59.3 Å². The van der Waals surface area contributed by atoms with Crippen molar-refractivity contribution in [1.29, 1.82) is 0 Å².